The predicted octanol–water partition coefficient (Wildman–Crippen LogP) is 2.85. The second-order valence-corrected chi connectivity index (χ2v) is 7.05. The van der Waals surface area contributed by atoms with Crippen molar-refractivity contribution < 1.29 is 13.2 Å². The summed E-state index contributed by atoms with van der Waals surface area (Å²) in [5.74, 6) is 2.86. The molecule has 2 unspecified atom stereocenters. The number of alkyl halides is 3. The number of hydrogen-bond donors (Lipinski definition) is 1. The first-order valence-electron chi connectivity index (χ1n) is 8.27. The molecule has 0 aromatic heterocycles. The van der Waals surface area contributed by atoms with Gasteiger partial charge in [-0.3, -0.25) is 0 Å². The minimum Gasteiger partial charge on any atom is -0.385 e. The highest BCUT2D eigenvalue weighted by atomic mass is 32.2. The number of thioether (sulfide) groups is 1. The Morgan fingerprint density at radius 2 is 2.14 bits per heavy atom. The van der Waals surface area contributed by atoms with Gasteiger partial charge in [-0.15, -0.1) is 12.3 Å². The van der Waals surface area contributed by atoms with Gasteiger partial charge in [-0.25, -0.2) is 15.0 Å². The van der Waals surface area contributed by atoms with E-state index in [1.54, 1.807) is 6.07 Å². The number of unbranched alkanes of at least 4 members (excludes halogenated alkanes) is 1. The fraction of sp³-hybridized carbons (Fsp3) is 0.333. The highest BCUT2D eigenvalue weighted by molar-refractivity contribution is 8.13. The van der Waals surface area contributed by atoms with E-state index in [-0.39, 0.29) is 0 Å². The lowest BCUT2D eigenvalue weighted by Gasteiger charge is -2.27. The van der Waals surface area contributed by atoms with E-state index in [9.17, 15) is 13.2 Å². The van der Waals surface area contributed by atoms with Crippen LogP contribution in [0.4, 0.5) is 13.2 Å². The van der Waals surface area contributed by atoms with Gasteiger partial charge in [-0.1, -0.05) is 11.8 Å². The van der Waals surface area contributed by atoms with Gasteiger partial charge in [0.15, 0.2) is 17.4 Å². The Kier molecular flexibility index (Phi) is 5.61. The van der Waals surface area contributed by atoms with E-state index in [1.807, 2.05) is 4.90 Å². The number of nitrogens with two attached hydrogens (primary N) is 1. The number of amidine groups is 2. The van der Waals surface area contributed by atoms with Crippen LogP contribution in [0.3, 0.4) is 0 Å². The molecule has 0 saturated heterocycles. The molecule has 144 valence electrons. The Hall–Kier alpha value is -2.98. The van der Waals surface area contributed by atoms with Crippen LogP contribution in [-0.2, 0) is 6.18 Å². The van der Waals surface area contributed by atoms with Crippen molar-refractivity contribution >= 4 is 29.1 Å². The number of aliphatic imine (C=N–C) groups is 3. The van der Waals surface area contributed by atoms with Gasteiger partial charge in [0.05, 0.1) is 17.2 Å². The normalized spacial score (nSPS) is 20.8. The SMILES string of the molecule is C#CCCCN1C(Sc2ccc(C#N)c(C(F)(F)F)c2)=NC2C(N)=NC=NC21. The lowest BCUT2D eigenvalue weighted by Crippen LogP contribution is -2.45. The van der Waals surface area contributed by atoms with Crippen LogP contribution in [0, 0.1) is 23.7 Å². The molecule has 0 amide bonds. The van der Waals surface area contributed by atoms with Crippen molar-refractivity contribution in [3.8, 4) is 18.4 Å². The zero-order chi connectivity index (χ0) is 20.3. The highest BCUT2D eigenvalue weighted by Gasteiger charge is 2.40. The molecule has 10 heteroatoms. The number of fused-ring (bicyclic) bond motifs is 1. The van der Waals surface area contributed by atoms with Crippen LogP contribution < -0.4 is 5.73 Å². The Morgan fingerprint density at radius 1 is 1.36 bits per heavy atom. The molecule has 1 aromatic rings. The van der Waals surface area contributed by atoms with Crippen LogP contribution in [0.15, 0.2) is 38.1 Å². The van der Waals surface area contributed by atoms with Gasteiger partial charge >= 0.3 is 6.18 Å². The summed E-state index contributed by atoms with van der Waals surface area (Å²) in [5.41, 5.74) is 4.51. The standard InChI is InChI=1S/C18H15F3N6S/c1-2-3-4-7-27-16-14(15(23)24-10-25-16)26-17(27)28-12-6-5-11(9-22)13(8-12)18(19,20)21/h1,5-6,8,10,14,16H,3-4,7H2,(H2,23,24,25). The topological polar surface area (TPSA) is 90.1 Å². The second-order valence-electron chi connectivity index (χ2n) is 6.01. The number of halogens is 3. The first-order chi connectivity index (χ1) is 13.3. The third kappa shape index (κ3) is 3.97. The van der Waals surface area contributed by atoms with Crippen LogP contribution in [0.2, 0.25) is 0 Å². The van der Waals surface area contributed by atoms with E-state index in [0.717, 1.165) is 23.9 Å². The van der Waals surface area contributed by atoms with Crippen molar-refractivity contribution in [1.82, 2.24) is 4.90 Å². The summed E-state index contributed by atoms with van der Waals surface area (Å²) in [6, 6.07) is 4.66. The number of rotatable bonds is 4. The van der Waals surface area contributed by atoms with Gasteiger partial charge in [-0.05, 0) is 24.6 Å². The number of nitriles is 1. The molecule has 0 spiro atoms. The zero-order valence-electron chi connectivity index (χ0n) is 14.5. The maximum absolute atomic E-state index is 13.2. The van der Waals surface area contributed by atoms with E-state index < -0.39 is 29.5 Å². The van der Waals surface area contributed by atoms with E-state index in [1.165, 1.54) is 12.4 Å². The molecule has 3 rings (SSSR count). The van der Waals surface area contributed by atoms with E-state index in [0.29, 0.717) is 35.3 Å². The molecule has 28 heavy (non-hydrogen) atoms. The molecule has 1 aromatic carbocycles. The number of nitrogens with zero attached hydrogens (tertiary/aromatic N) is 5. The lowest BCUT2D eigenvalue weighted by atomic mass is 10.1. The van der Waals surface area contributed by atoms with Crippen molar-refractivity contribution in [2.24, 2.45) is 20.7 Å². The molecule has 0 aliphatic carbocycles. The highest BCUT2D eigenvalue weighted by Crippen LogP contribution is 2.37. The molecule has 6 nitrogen and oxygen atoms in total. The molecule has 2 atom stereocenters. The number of terminal acetylenes is 1. The summed E-state index contributed by atoms with van der Waals surface area (Å²) in [7, 11) is 0. The summed E-state index contributed by atoms with van der Waals surface area (Å²) in [6.45, 7) is 0.532. The molecule has 0 saturated carbocycles. The number of benzene rings is 1. The monoisotopic (exact) mass is 404 g/mol. The summed E-state index contributed by atoms with van der Waals surface area (Å²) < 4.78 is 39.7. The first kappa shape index (κ1) is 19.8. The van der Waals surface area contributed by atoms with Crippen LogP contribution in [0.25, 0.3) is 0 Å². The molecular weight excluding hydrogens is 389 g/mol. The van der Waals surface area contributed by atoms with Gasteiger partial charge < -0.3 is 10.6 Å². The minimum absolute atomic E-state index is 0.299. The Labute approximate surface area is 164 Å². The molecule has 2 heterocycles. The van der Waals surface area contributed by atoms with Crippen LogP contribution in [0.1, 0.15) is 24.0 Å². The van der Waals surface area contributed by atoms with E-state index in [2.05, 4.69) is 20.9 Å². The smallest absolute Gasteiger partial charge is 0.385 e. The predicted molar refractivity (Wildman–Crippen MR) is 102 cm³/mol. The van der Waals surface area contributed by atoms with Crippen LogP contribution in [-0.4, -0.2) is 41.0 Å². The number of hydrogen-bond acceptors (Lipinski definition) is 7. The lowest BCUT2D eigenvalue weighted by molar-refractivity contribution is -0.137. The van der Waals surface area contributed by atoms with Gasteiger partial charge in [0, 0.05) is 17.9 Å². The molecule has 2 aliphatic heterocycles. The fourth-order valence-electron chi connectivity index (χ4n) is 2.86. The summed E-state index contributed by atoms with van der Waals surface area (Å²) >= 11 is 1.07. The van der Waals surface area contributed by atoms with Gasteiger partial charge in [-0.2, -0.15) is 18.4 Å². The van der Waals surface area contributed by atoms with Crippen molar-refractivity contribution in [3.05, 3.63) is 29.3 Å². The van der Waals surface area contributed by atoms with Gasteiger partial charge in [0.1, 0.15) is 12.2 Å². The van der Waals surface area contributed by atoms with Crippen molar-refractivity contribution in [1.29, 1.82) is 5.26 Å². The van der Waals surface area contributed by atoms with Crippen molar-refractivity contribution in [2.75, 3.05) is 6.54 Å². The maximum atomic E-state index is 13.2. The fourth-order valence-corrected chi connectivity index (χ4v) is 3.86. The third-order valence-corrected chi connectivity index (χ3v) is 5.18. The summed E-state index contributed by atoms with van der Waals surface area (Å²) in [5, 5.41) is 9.43. The van der Waals surface area contributed by atoms with Crippen molar-refractivity contribution in [3.63, 3.8) is 0 Å². The Morgan fingerprint density at radius 3 is 2.82 bits per heavy atom. The van der Waals surface area contributed by atoms with Crippen molar-refractivity contribution in [2.45, 2.75) is 36.1 Å². The first-order valence-corrected chi connectivity index (χ1v) is 9.08. The minimum atomic E-state index is -4.62. The zero-order valence-corrected chi connectivity index (χ0v) is 15.3. The third-order valence-electron chi connectivity index (χ3n) is 4.17. The maximum Gasteiger partial charge on any atom is 0.417 e. The molecule has 2 N–H and O–H groups in total. The molecule has 0 bridgehead atoms. The van der Waals surface area contributed by atoms with Crippen LogP contribution >= 0.6 is 11.8 Å². The average molecular weight is 404 g/mol. The second kappa shape index (κ2) is 7.95. The van der Waals surface area contributed by atoms with E-state index >= 15 is 0 Å². The molecule has 0 fully saturated rings. The Bertz CT molecular complexity index is 938. The average Bonchev–Trinajstić information content (AvgIpc) is 3.00. The molecular formula is C18H15F3N6S. The largest absolute Gasteiger partial charge is 0.417 e. The summed E-state index contributed by atoms with van der Waals surface area (Å²) in [6.07, 6.45) is 2.87. The quantitative estimate of drug-likeness (QED) is 0.617. The van der Waals surface area contributed by atoms with Crippen LogP contribution in [0.5, 0.6) is 0 Å². The molecule has 2 aliphatic rings. The van der Waals surface area contributed by atoms with Gasteiger partial charge in [0.2, 0.25) is 0 Å². The molecule has 0 radical (unpaired) electrons. The summed E-state index contributed by atoms with van der Waals surface area (Å²) in [4.78, 5) is 15.0. The van der Waals surface area contributed by atoms with E-state index in [4.69, 9.17) is 17.4 Å². The van der Waals surface area contributed by atoms with Gasteiger partial charge in [0.25, 0.3) is 0 Å². The Balaban J connectivity index is 1.90.